The largest absolute Gasteiger partial charge is 0.418 e. The van der Waals surface area contributed by atoms with E-state index < -0.39 is 78.1 Å². The van der Waals surface area contributed by atoms with Gasteiger partial charge in [-0.25, -0.2) is 18.3 Å². The number of halogens is 8. The molecule has 3 atom stereocenters. The molecule has 2 aromatic heterocycles. The van der Waals surface area contributed by atoms with Crippen LogP contribution in [0.25, 0.3) is 16.8 Å². The van der Waals surface area contributed by atoms with Crippen molar-refractivity contribution in [3.63, 3.8) is 0 Å². The predicted molar refractivity (Wildman–Crippen MR) is 120 cm³/mol. The van der Waals surface area contributed by atoms with Crippen LogP contribution in [-0.4, -0.2) is 62.8 Å². The van der Waals surface area contributed by atoms with Crippen molar-refractivity contribution in [3.8, 4) is 11.3 Å². The summed E-state index contributed by atoms with van der Waals surface area (Å²) in [7, 11) is 0. The molecule has 4 rings (SSSR count). The Bertz CT molecular complexity index is 1450. The number of rotatable bonds is 4. The number of carbonyl (C=O) groups is 2. The highest BCUT2D eigenvalue weighted by atomic mass is 19.4. The lowest BCUT2D eigenvalue weighted by molar-refractivity contribution is -0.185. The number of alkyl halides is 7. The van der Waals surface area contributed by atoms with E-state index in [1.165, 1.54) is 6.92 Å². The zero-order valence-electron chi connectivity index (χ0n) is 20.2. The summed E-state index contributed by atoms with van der Waals surface area (Å²) in [4.78, 5) is 29.3. The Balaban J connectivity index is 1.66. The van der Waals surface area contributed by atoms with E-state index in [1.54, 1.807) is 0 Å². The van der Waals surface area contributed by atoms with Gasteiger partial charge in [-0.05, 0) is 37.6 Å². The number of carbonyl (C=O) groups excluding carboxylic acids is 2. The number of amides is 2. The minimum Gasteiger partial charge on any atom is -0.382 e. The van der Waals surface area contributed by atoms with E-state index >= 15 is 0 Å². The molecule has 210 valence electrons. The van der Waals surface area contributed by atoms with Gasteiger partial charge in [-0.1, -0.05) is 0 Å². The summed E-state index contributed by atoms with van der Waals surface area (Å²) in [5.74, 6) is -6.29. The maximum absolute atomic E-state index is 14.9. The van der Waals surface area contributed by atoms with Crippen LogP contribution in [0, 0.1) is 18.7 Å². The maximum Gasteiger partial charge on any atom is 0.418 e. The van der Waals surface area contributed by atoms with Gasteiger partial charge in [-0.2, -0.15) is 31.4 Å². The molecule has 1 aromatic carbocycles. The molecule has 1 aliphatic heterocycles. The molecule has 0 spiro atoms. The summed E-state index contributed by atoms with van der Waals surface area (Å²) in [5, 5.41) is 6.01. The molecule has 8 nitrogen and oxygen atoms in total. The highest BCUT2D eigenvalue weighted by Crippen LogP contribution is 2.39. The molecular formula is C23H20F8N6O2. The van der Waals surface area contributed by atoms with Gasteiger partial charge in [0.05, 0.1) is 23.8 Å². The highest BCUT2D eigenvalue weighted by Gasteiger charge is 2.46. The summed E-state index contributed by atoms with van der Waals surface area (Å²) in [6.45, 7) is 0.568. The van der Waals surface area contributed by atoms with Gasteiger partial charge in [0.15, 0.2) is 5.82 Å². The lowest BCUT2D eigenvalue weighted by atomic mass is 10.0. The molecule has 1 aliphatic rings. The second-order valence-corrected chi connectivity index (χ2v) is 9.08. The summed E-state index contributed by atoms with van der Waals surface area (Å²) in [6.07, 6.45) is -10.8. The summed E-state index contributed by atoms with van der Waals surface area (Å²) < 4.78 is 110. The fourth-order valence-electron chi connectivity index (χ4n) is 4.29. The number of fused-ring (bicyclic) bond motifs is 1. The third kappa shape index (κ3) is 5.18. The van der Waals surface area contributed by atoms with Crippen LogP contribution in [0.1, 0.15) is 28.4 Å². The molecule has 0 radical (unpaired) electrons. The lowest BCUT2D eigenvalue weighted by Gasteiger charge is -2.22. The molecule has 3 heterocycles. The Kier molecular flexibility index (Phi) is 6.93. The Morgan fingerprint density at radius 2 is 1.79 bits per heavy atom. The quantitative estimate of drug-likeness (QED) is 0.468. The topological polar surface area (TPSA) is 106 Å². The van der Waals surface area contributed by atoms with Crippen LogP contribution in [0.3, 0.4) is 0 Å². The molecule has 1 fully saturated rings. The second kappa shape index (κ2) is 9.64. The van der Waals surface area contributed by atoms with Crippen molar-refractivity contribution in [1.82, 2.24) is 24.8 Å². The average molecular weight is 564 g/mol. The predicted octanol–water partition coefficient (Wildman–Crippen LogP) is 3.92. The molecule has 3 N–H and O–H groups in total. The van der Waals surface area contributed by atoms with E-state index in [1.807, 2.05) is 0 Å². The fourth-order valence-corrected chi connectivity index (χ4v) is 4.29. The van der Waals surface area contributed by atoms with Crippen LogP contribution in [0.2, 0.25) is 0 Å². The Morgan fingerprint density at radius 1 is 1.13 bits per heavy atom. The number of hydrogen-bond donors (Lipinski definition) is 2. The number of nitrogens with one attached hydrogen (secondary N) is 1. The first-order valence-electron chi connectivity index (χ1n) is 11.3. The molecule has 39 heavy (non-hydrogen) atoms. The first-order chi connectivity index (χ1) is 18.0. The number of nitrogens with zero attached hydrogens (tertiary/aromatic N) is 4. The van der Waals surface area contributed by atoms with Gasteiger partial charge in [0.2, 0.25) is 5.91 Å². The standard InChI is InChI=1S/C23H20F8N6O2/c1-9-12(20(38)35-16-7-36(6-15(16)25)21(39)10(2)22(26,27)28)3-11(4-14(9)24)17-5-13(23(29,30)31)18-19(32)33-8-34-37(17)18/h3-5,8,10,15-16H,6-7H2,1-2H3,(H,35,38)(H2,32,33,34). The number of anilines is 1. The number of likely N-dealkylation sites (tertiary alicyclic amines) is 1. The van der Waals surface area contributed by atoms with E-state index in [0.29, 0.717) is 17.9 Å². The molecule has 2 amide bonds. The van der Waals surface area contributed by atoms with Crippen LogP contribution in [-0.2, 0) is 11.0 Å². The number of nitrogen functional groups attached to an aromatic ring is 1. The first-order valence-corrected chi connectivity index (χ1v) is 11.3. The zero-order chi connectivity index (χ0) is 29.0. The van der Waals surface area contributed by atoms with E-state index in [2.05, 4.69) is 15.4 Å². The zero-order valence-corrected chi connectivity index (χ0v) is 20.2. The van der Waals surface area contributed by atoms with Crippen molar-refractivity contribution >= 4 is 23.1 Å². The van der Waals surface area contributed by atoms with Crippen molar-refractivity contribution in [2.75, 3.05) is 18.8 Å². The molecule has 0 bridgehead atoms. The SMILES string of the molecule is Cc1c(F)cc(-c2cc(C(F)(F)F)c3c(N)ncnn23)cc1C(=O)NC1CN(C(=O)C(C)C(F)(F)F)CC1F. The Labute approximate surface area is 214 Å². The molecule has 3 unspecified atom stereocenters. The highest BCUT2D eigenvalue weighted by molar-refractivity contribution is 5.97. The second-order valence-electron chi connectivity index (χ2n) is 9.08. The van der Waals surface area contributed by atoms with E-state index in [0.717, 1.165) is 23.0 Å². The average Bonchev–Trinajstić information content (AvgIpc) is 3.41. The van der Waals surface area contributed by atoms with Gasteiger partial charge in [0.25, 0.3) is 5.91 Å². The summed E-state index contributed by atoms with van der Waals surface area (Å²) in [6, 6.07) is 1.18. The van der Waals surface area contributed by atoms with Gasteiger partial charge in [0.1, 0.15) is 29.8 Å². The third-order valence-corrected chi connectivity index (χ3v) is 6.51. The van der Waals surface area contributed by atoms with Crippen LogP contribution in [0.5, 0.6) is 0 Å². The molecule has 0 saturated carbocycles. The minimum atomic E-state index is -4.88. The molecule has 0 aliphatic carbocycles. The van der Waals surface area contributed by atoms with Crippen molar-refractivity contribution in [3.05, 3.63) is 47.0 Å². The van der Waals surface area contributed by atoms with Gasteiger partial charge in [0, 0.05) is 17.7 Å². The molecular weight excluding hydrogens is 544 g/mol. The van der Waals surface area contributed by atoms with Crippen LogP contribution >= 0.6 is 0 Å². The van der Waals surface area contributed by atoms with E-state index in [9.17, 15) is 44.7 Å². The van der Waals surface area contributed by atoms with Crippen molar-refractivity contribution in [2.24, 2.45) is 5.92 Å². The molecule has 1 saturated heterocycles. The fraction of sp³-hybridized carbons (Fsp3) is 0.391. The van der Waals surface area contributed by atoms with Crippen molar-refractivity contribution < 1.29 is 44.7 Å². The van der Waals surface area contributed by atoms with Crippen LogP contribution < -0.4 is 11.1 Å². The monoisotopic (exact) mass is 564 g/mol. The first kappa shape index (κ1) is 28.0. The lowest BCUT2D eigenvalue weighted by Crippen LogP contribution is -2.43. The minimum absolute atomic E-state index is 0.203. The molecule has 16 heteroatoms. The number of hydrogen-bond acceptors (Lipinski definition) is 5. The van der Waals surface area contributed by atoms with Gasteiger partial charge < -0.3 is 16.0 Å². The smallest absolute Gasteiger partial charge is 0.382 e. The Hall–Kier alpha value is -3.98. The van der Waals surface area contributed by atoms with E-state index in [4.69, 9.17) is 5.73 Å². The molecule has 3 aromatic rings. The van der Waals surface area contributed by atoms with Gasteiger partial charge >= 0.3 is 12.4 Å². The van der Waals surface area contributed by atoms with Crippen molar-refractivity contribution in [2.45, 2.75) is 38.4 Å². The van der Waals surface area contributed by atoms with E-state index in [-0.39, 0.29) is 22.4 Å². The van der Waals surface area contributed by atoms with Crippen molar-refractivity contribution in [1.29, 1.82) is 0 Å². The van der Waals surface area contributed by atoms with Crippen LogP contribution in [0.15, 0.2) is 24.5 Å². The number of benzene rings is 1. The van der Waals surface area contributed by atoms with Crippen LogP contribution in [0.4, 0.5) is 40.9 Å². The number of aromatic nitrogens is 3. The summed E-state index contributed by atoms with van der Waals surface area (Å²) >= 11 is 0. The normalized spacial score (nSPS) is 19.0. The third-order valence-electron chi connectivity index (χ3n) is 6.51. The number of nitrogens with two attached hydrogens (primary N) is 1. The van der Waals surface area contributed by atoms with Gasteiger partial charge in [-0.15, -0.1) is 0 Å². The summed E-state index contributed by atoms with van der Waals surface area (Å²) in [5.41, 5.74) is 2.75. The van der Waals surface area contributed by atoms with Gasteiger partial charge in [-0.3, -0.25) is 9.59 Å². The maximum atomic E-state index is 14.9. The Morgan fingerprint density at radius 3 is 2.41 bits per heavy atom.